The van der Waals surface area contributed by atoms with Crippen molar-refractivity contribution in [3.63, 3.8) is 0 Å². The van der Waals surface area contributed by atoms with Crippen molar-refractivity contribution >= 4 is 11.7 Å². The largest absolute Gasteiger partial charge is 0.497 e. The zero-order valence-corrected chi connectivity index (χ0v) is 18.6. The fourth-order valence-corrected chi connectivity index (χ4v) is 4.23. The van der Waals surface area contributed by atoms with E-state index in [9.17, 15) is 4.79 Å². The van der Waals surface area contributed by atoms with Gasteiger partial charge in [0.05, 0.1) is 19.3 Å². The molecular formula is C25H30N4O3. The van der Waals surface area contributed by atoms with Crippen molar-refractivity contribution in [1.82, 2.24) is 14.7 Å². The first-order valence-corrected chi connectivity index (χ1v) is 11.0. The van der Waals surface area contributed by atoms with Crippen molar-refractivity contribution in [2.45, 2.75) is 31.5 Å². The highest BCUT2D eigenvalue weighted by atomic mass is 16.5. The van der Waals surface area contributed by atoms with E-state index in [1.807, 2.05) is 53.2 Å². The van der Waals surface area contributed by atoms with Crippen LogP contribution >= 0.6 is 0 Å². The van der Waals surface area contributed by atoms with Crippen molar-refractivity contribution < 1.29 is 14.3 Å². The normalized spacial score (nSPS) is 15.9. The minimum absolute atomic E-state index is 0.197. The summed E-state index contributed by atoms with van der Waals surface area (Å²) in [5, 5.41) is 7.52. The van der Waals surface area contributed by atoms with Gasteiger partial charge < -0.3 is 14.8 Å². The Morgan fingerprint density at radius 3 is 2.44 bits per heavy atom. The molecule has 1 aromatic heterocycles. The second-order valence-electron chi connectivity index (χ2n) is 8.03. The van der Waals surface area contributed by atoms with Gasteiger partial charge in [-0.2, -0.15) is 5.10 Å². The molecule has 0 radical (unpaired) electrons. The number of benzene rings is 2. The second-order valence-corrected chi connectivity index (χ2v) is 8.03. The van der Waals surface area contributed by atoms with Crippen molar-refractivity contribution in [2.75, 3.05) is 32.6 Å². The molecule has 1 aliphatic rings. The van der Waals surface area contributed by atoms with E-state index >= 15 is 0 Å². The van der Waals surface area contributed by atoms with E-state index in [0.717, 1.165) is 43.8 Å². The SMILES string of the molecule is COc1ccc(CN2CCC(n3nccc3NC(=O)[C@H](OC)c3ccccc3)CC2)cc1. The van der Waals surface area contributed by atoms with Gasteiger partial charge in [0.1, 0.15) is 11.6 Å². The summed E-state index contributed by atoms with van der Waals surface area (Å²) in [5.74, 6) is 1.39. The maximum Gasteiger partial charge on any atom is 0.259 e. The number of likely N-dealkylation sites (tertiary alicyclic amines) is 1. The molecule has 32 heavy (non-hydrogen) atoms. The quantitative estimate of drug-likeness (QED) is 0.579. The molecule has 2 heterocycles. The fourth-order valence-electron chi connectivity index (χ4n) is 4.23. The molecule has 168 valence electrons. The summed E-state index contributed by atoms with van der Waals surface area (Å²) in [7, 11) is 3.23. The second kappa shape index (κ2) is 10.4. The molecule has 1 fully saturated rings. The van der Waals surface area contributed by atoms with Gasteiger partial charge in [-0.1, -0.05) is 42.5 Å². The van der Waals surface area contributed by atoms with Gasteiger partial charge in [0.25, 0.3) is 5.91 Å². The van der Waals surface area contributed by atoms with Gasteiger partial charge in [-0.3, -0.25) is 9.69 Å². The van der Waals surface area contributed by atoms with Crippen LogP contribution in [-0.4, -0.2) is 47.9 Å². The summed E-state index contributed by atoms with van der Waals surface area (Å²) >= 11 is 0. The molecule has 0 aliphatic carbocycles. The number of hydrogen-bond acceptors (Lipinski definition) is 5. The predicted octanol–water partition coefficient (Wildman–Crippen LogP) is 4.06. The number of aromatic nitrogens is 2. The number of rotatable bonds is 8. The third-order valence-corrected chi connectivity index (χ3v) is 5.97. The molecule has 4 rings (SSSR count). The highest BCUT2D eigenvalue weighted by Crippen LogP contribution is 2.27. The number of piperidine rings is 1. The van der Waals surface area contributed by atoms with E-state index in [4.69, 9.17) is 9.47 Å². The summed E-state index contributed by atoms with van der Waals surface area (Å²) in [5.41, 5.74) is 2.10. The molecule has 0 unspecified atom stereocenters. The molecule has 7 heteroatoms. The number of nitrogens with zero attached hydrogens (tertiary/aromatic N) is 3. The number of ether oxygens (including phenoxy) is 2. The number of hydrogen-bond donors (Lipinski definition) is 1. The van der Waals surface area contributed by atoms with Crippen LogP contribution in [0.2, 0.25) is 0 Å². The van der Waals surface area contributed by atoms with Gasteiger partial charge in [-0.25, -0.2) is 4.68 Å². The summed E-state index contributed by atoms with van der Waals surface area (Å²) in [4.78, 5) is 15.3. The van der Waals surface area contributed by atoms with Crippen LogP contribution < -0.4 is 10.1 Å². The van der Waals surface area contributed by atoms with Gasteiger partial charge in [0, 0.05) is 32.8 Å². The van der Waals surface area contributed by atoms with Gasteiger partial charge in [-0.05, 0) is 36.1 Å². The van der Waals surface area contributed by atoms with Crippen molar-refractivity contribution in [1.29, 1.82) is 0 Å². The summed E-state index contributed by atoms with van der Waals surface area (Å²) in [6, 6.07) is 19.8. The van der Waals surface area contributed by atoms with Crippen LogP contribution in [0.1, 0.15) is 36.1 Å². The lowest BCUT2D eigenvalue weighted by atomic mass is 10.0. The van der Waals surface area contributed by atoms with E-state index in [1.165, 1.54) is 5.56 Å². The number of methoxy groups -OCH3 is 2. The Morgan fingerprint density at radius 1 is 1.06 bits per heavy atom. The maximum absolute atomic E-state index is 12.9. The number of amides is 1. The van der Waals surface area contributed by atoms with Crippen LogP contribution in [0.25, 0.3) is 0 Å². The van der Waals surface area contributed by atoms with E-state index in [0.29, 0.717) is 5.82 Å². The third kappa shape index (κ3) is 5.18. The average Bonchev–Trinajstić information content (AvgIpc) is 3.29. The zero-order chi connectivity index (χ0) is 22.3. The highest BCUT2D eigenvalue weighted by molar-refractivity contribution is 5.94. The van der Waals surface area contributed by atoms with Crippen LogP contribution in [-0.2, 0) is 16.1 Å². The van der Waals surface area contributed by atoms with Crippen LogP contribution in [0, 0.1) is 0 Å². The Balaban J connectivity index is 1.35. The average molecular weight is 435 g/mol. The van der Waals surface area contributed by atoms with Crippen LogP contribution in [0.15, 0.2) is 66.9 Å². The number of carbonyl (C=O) groups excluding carboxylic acids is 1. The van der Waals surface area contributed by atoms with Crippen LogP contribution in [0.4, 0.5) is 5.82 Å². The molecule has 3 aromatic rings. The topological polar surface area (TPSA) is 68.6 Å². The predicted molar refractivity (Wildman–Crippen MR) is 124 cm³/mol. The molecule has 0 bridgehead atoms. The standard InChI is InChI=1S/C25H30N4O3/c1-31-22-10-8-19(9-11-22)18-28-16-13-21(14-17-28)29-23(12-15-26-29)27-25(30)24(32-2)20-6-4-3-5-7-20/h3-12,15,21,24H,13-14,16-18H2,1-2H3,(H,27,30)/t24-/m1/s1. The highest BCUT2D eigenvalue weighted by Gasteiger charge is 2.25. The molecule has 2 aromatic carbocycles. The van der Waals surface area contributed by atoms with E-state index in [1.54, 1.807) is 20.4 Å². The van der Waals surface area contributed by atoms with Crippen molar-refractivity contribution in [3.05, 3.63) is 78.0 Å². The molecule has 7 nitrogen and oxygen atoms in total. The summed E-state index contributed by atoms with van der Waals surface area (Å²) in [6.45, 7) is 2.88. The number of nitrogens with one attached hydrogen (secondary N) is 1. The Kier molecular flexibility index (Phi) is 7.19. The lowest BCUT2D eigenvalue weighted by molar-refractivity contribution is -0.126. The lowest BCUT2D eigenvalue weighted by Crippen LogP contribution is -2.35. The molecule has 0 spiro atoms. The van der Waals surface area contributed by atoms with Crippen molar-refractivity contribution in [3.8, 4) is 5.75 Å². The van der Waals surface area contributed by atoms with E-state index < -0.39 is 6.10 Å². The zero-order valence-electron chi connectivity index (χ0n) is 18.6. The van der Waals surface area contributed by atoms with E-state index in [-0.39, 0.29) is 11.9 Å². The Bertz CT molecular complexity index is 996. The molecular weight excluding hydrogens is 404 g/mol. The first-order valence-electron chi connectivity index (χ1n) is 11.0. The molecule has 1 amide bonds. The van der Waals surface area contributed by atoms with Crippen LogP contribution in [0.3, 0.4) is 0 Å². The number of anilines is 1. The van der Waals surface area contributed by atoms with Crippen LogP contribution in [0.5, 0.6) is 5.75 Å². The summed E-state index contributed by atoms with van der Waals surface area (Å²) < 4.78 is 12.6. The first kappa shape index (κ1) is 22.0. The van der Waals surface area contributed by atoms with Gasteiger partial charge in [0.2, 0.25) is 0 Å². The minimum Gasteiger partial charge on any atom is -0.497 e. The smallest absolute Gasteiger partial charge is 0.259 e. The third-order valence-electron chi connectivity index (χ3n) is 5.97. The lowest BCUT2D eigenvalue weighted by Gasteiger charge is -2.32. The molecule has 1 N–H and O–H groups in total. The molecule has 1 saturated heterocycles. The first-order chi connectivity index (χ1) is 15.7. The summed E-state index contributed by atoms with van der Waals surface area (Å²) in [6.07, 6.45) is 3.04. The van der Waals surface area contributed by atoms with Gasteiger partial charge in [-0.15, -0.1) is 0 Å². The number of carbonyl (C=O) groups is 1. The molecule has 0 saturated carbocycles. The Morgan fingerprint density at radius 2 is 1.78 bits per heavy atom. The van der Waals surface area contributed by atoms with E-state index in [2.05, 4.69) is 27.4 Å². The molecule has 1 aliphatic heterocycles. The Hall–Kier alpha value is -3.16. The maximum atomic E-state index is 12.9. The van der Waals surface area contributed by atoms with Gasteiger partial charge in [0.15, 0.2) is 6.10 Å². The monoisotopic (exact) mass is 434 g/mol. The van der Waals surface area contributed by atoms with Gasteiger partial charge >= 0.3 is 0 Å². The molecule has 1 atom stereocenters. The Labute approximate surface area is 188 Å². The van der Waals surface area contributed by atoms with Crippen molar-refractivity contribution in [2.24, 2.45) is 0 Å². The fraction of sp³-hybridized carbons (Fsp3) is 0.360. The minimum atomic E-state index is -0.661.